The second-order valence-electron chi connectivity index (χ2n) is 6.29. The van der Waals surface area contributed by atoms with Gasteiger partial charge in [-0.25, -0.2) is 4.98 Å². The van der Waals surface area contributed by atoms with Gasteiger partial charge in [-0.15, -0.1) is 0 Å². The number of aromatic nitrogens is 2. The second-order valence-corrected chi connectivity index (χ2v) is 6.29. The van der Waals surface area contributed by atoms with Crippen molar-refractivity contribution in [1.82, 2.24) is 9.38 Å². The van der Waals surface area contributed by atoms with E-state index in [0.29, 0.717) is 17.1 Å². The summed E-state index contributed by atoms with van der Waals surface area (Å²) in [6, 6.07) is 20.8. The summed E-state index contributed by atoms with van der Waals surface area (Å²) in [4.78, 5) is 17.6. The monoisotopic (exact) mass is 357 g/mol. The molecule has 1 amide bonds. The second kappa shape index (κ2) is 6.96. The normalized spacial score (nSPS) is 10.7. The van der Waals surface area contributed by atoms with Gasteiger partial charge in [-0.3, -0.25) is 9.20 Å². The topological polar surface area (TPSA) is 55.6 Å². The molecule has 0 radical (unpaired) electrons. The first kappa shape index (κ1) is 16.8. The molecule has 1 N–H and O–H groups in total. The van der Waals surface area contributed by atoms with Crippen LogP contribution in [0.2, 0.25) is 0 Å². The Balaban J connectivity index is 1.78. The number of aryl methyl sites for hydroxylation is 1. The molecule has 2 heterocycles. The lowest BCUT2D eigenvalue weighted by molar-refractivity contribution is 0.102. The maximum atomic E-state index is 12.8. The summed E-state index contributed by atoms with van der Waals surface area (Å²) in [6.45, 7) is 2.02. The van der Waals surface area contributed by atoms with Crippen molar-refractivity contribution < 1.29 is 9.53 Å². The van der Waals surface area contributed by atoms with Crippen molar-refractivity contribution in [2.45, 2.75) is 6.92 Å². The molecule has 0 unspecified atom stereocenters. The fourth-order valence-electron chi connectivity index (χ4n) is 2.99. The predicted octanol–water partition coefficient (Wildman–Crippen LogP) is 4.57. The molecular formula is C22H19N3O2. The van der Waals surface area contributed by atoms with Crippen LogP contribution in [0.1, 0.15) is 15.9 Å². The van der Waals surface area contributed by atoms with Gasteiger partial charge in [0.1, 0.15) is 22.9 Å². The number of nitrogens with one attached hydrogen (secondary N) is 1. The number of nitrogens with zero attached hydrogens (tertiary/aromatic N) is 2. The number of hydrogen-bond acceptors (Lipinski definition) is 3. The van der Waals surface area contributed by atoms with Crippen LogP contribution in [-0.4, -0.2) is 22.4 Å². The molecule has 5 nitrogen and oxygen atoms in total. The van der Waals surface area contributed by atoms with Gasteiger partial charge in [-0.1, -0.05) is 30.3 Å². The summed E-state index contributed by atoms with van der Waals surface area (Å²) in [5.74, 6) is 1.16. The van der Waals surface area contributed by atoms with Crippen LogP contribution in [0.5, 0.6) is 5.75 Å². The zero-order chi connectivity index (χ0) is 18.8. The highest BCUT2D eigenvalue weighted by molar-refractivity contribution is 6.05. The standard InChI is InChI=1S/C22H19N3O2/c1-15-12-13-25-19(14-15)23-20(16-6-4-3-5-7-16)21(25)24-22(26)17-8-10-18(27-2)11-9-17/h3-14H,1-2H3,(H,24,26). The fourth-order valence-corrected chi connectivity index (χ4v) is 2.99. The molecule has 4 rings (SSSR count). The van der Waals surface area contributed by atoms with Gasteiger partial charge in [0.05, 0.1) is 7.11 Å². The van der Waals surface area contributed by atoms with Crippen molar-refractivity contribution in [1.29, 1.82) is 0 Å². The number of carbonyl (C=O) groups is 1. The van der Waals surface area contributed by atoms with Gasteiger partial charge in [-0.05, 0) is 48.9 Å². The van der Waals surface area contributed by atoms with Crippen LogP contribution < -0.4 is 10.1 Å². The Kier molecular flexibility index (Phi) is 4.34. The number of fused-ring (bicyclic) bond motifs is 1. The first-order valence-electron chi connectivity index (χ1n) is 8.65. The first-order valence-corrected chi connectivity index (χ1v) is 8.65. The van der Waals surface area contributed by atoms with Crippen molar-refractivity contribution in [2.75, 3.05) is 12.4 Å². The third-order valence-electron chi connectivity index (χ3n) is 4.41. The molecule has 134 valence electrons. The lowest BCUT2D eigenvalue weighted by atomic mass is 10.1. The highest BCUT2D eigenvalue weighted by Gasteiger charge is 2.17. The minimum absolute atomic E-state index is 0.197. The van der Waals surface area contributed by atoms with Gasteiger partial charge in [0.15, 0.2) is 0 Å². The molecule has 0 spiro atoms. The Morgan fingerprint density at radius 3 is 2.48 bits per heavy atom. The van der Waals surface area contributed by atoms with Crippen molar-refractivity contribution in [3.05, 3.63) is 84.1 Å². The zero-order valence-electron chi connectivity index (χ0n) is 15.1. The summed E-state index contributed by atoms with van der Waals surface area (Å²) in [7, 11) is 1.60. The number of carbonyl (C=O) groups excluding carboxylic acids is 1. The Hall–Kier alpha value is -3.60. The maximum absolute atomic E-state index is 12.8. The van der Waals surface area contributed by atoms with Gasteiger partial charge >= 0.3 is 0 Å². The number of benzene rings is 2. The molecule has 0 bridgehead atoms. The number of amides is 1. The Morgan fingerprint density at radius 2 is 1.78 bits per heavy atom. The molecule has 27 heavy (non-hydrogen) atoms. The lowest BCUT2D eigenvalue weighted by Crippen LogP contribution is -2.14. The highest BCUT2D eigenvalue weighted by Crippen LogP contribution is 2.29. The van der Waals surface area contributed by atoms with Crippen molar-refractivity contribution in [2.24, 2.45) is 0 Å². The first-order chi connectivity index (χ1) is 13.2. The highest BCUT2D eigenvalue weighted by atomic mass is 16.5. The van der Waals surface area contributed by atoms with Crippen molar-refractivity contribution in [3.63, 3.8) is 0 Å². The number of imidazole rings is 1. The number of hydrogen-bond donors (Lipinski definition) is 1. The quantitative estimate of drug-likeness (QED) is 0.582. The van der Waals surface area contributed by atoms with Crippen LogP contribution in [0, 0.1) is 6.92 Å². The van der Waals surface area contributed by atoms with Gasteiger partial charge in [0.2, 0.25) is 0 Å². The smallest absolute Gasteiger partial charge is 0.256 e. The predicted molar refractivity (Wildman–Crippen MR) is 106 cm³/mol. The molecule has 2 aromatic heterocycles. The van der Waals surface area contributed by atoms with E-state index in [1.807, 2.05) is 60.0 Å². The maximum Gasteiger partial charge on any atom is 0.256 e. The summed E-state index contributed by atoms with van der Waals surface area (Å²) in [5, 5.41) is 3.03. The van der Waals surface area contributed by atoms with Gasteiger partial charge in [0, 0.05) is 17.3 Å². The molecule has 0 aliphatic rings. The number of anilines is 1. The Bertz CT molecular complexity index is 1100. The molecule has 0 fully saturated rings. The van der Waals surface area contributed by atoms with E-state index in [4.69, 9.17) is 9.72 Å². The summed E-state index contributed by atoms with van der Waals surface area (Å²) < 4.78 is 7.05. The van der Waals surface area contributed by atoms with E-state index in [2.05, 4.69) is 5.32 Å². The van der Waals surface area contributed by atoms with Crippen molar-refractivity contribution in [3.8, 4) is 17.0 Å². The molecule has 4 aromatic rings. The molecule has 5 heteroatoms. The van der Waals surface area contributed by atoms with E-state index in [9.17, 15) is 4.79 Å². The molecule has 0 atom stereocenters. The van der Waals surface area contributed by atoms with Crippen LogP contribution in [0.3, 0.4) is 0 Å². The SMILES string of the molecule is COc1ccc(C(=O)Nc2c(-c3ccccc3)nc3cc(C)ccn23)cc1. The van der Waals surface area contributed by atoms with Crippen LogP contribution in [0.4, 0.5) is 5.82 Å². The molecule has 2 aromatic carbocycles. The van der Waals surface area contributed by atoms with Crippen molar-refractivity contribution >= 4 is 17.4 Å². The van der Waals surface area contributed by atoms with Gasteiger partial charge in [-0.2, -0.15) is 0 Å². The fraction of sp³-hybridized carbons (Fsp3) is 0.0909. The summed E-state index contributed by atoms with van der Waals surface area (Å²) in [5.41, 5.74) is 4.14. The number of ether oxygens (including phenoxy) is 1. The van der Waals surface area contributed by atoms with E-state index in [-0.39, 0.29) is 5.91 Å². The number of rotatable bonds is 4. The lowest BCUT2D eigenvalue weighted by Gasteiger charge is -2.09. The molecule has 0 saturated carbocycles. The number of methoxy groups -OCH3 is 1. The minimum atomic E-state index is -0.197. The third-order valence-corrected chi connectivity index (χ3v) is 4.41. The van der Waals surface area contributed by atoms with E-state index >= 15 is 0 Å². The average Bonchev–Trinajstić information content (AvgIpc) is 3.06. The Morgan fingerprint density at radius 1 is 1.04 bits per heavy atom. The molecule has 0 saturated heterocycles. The summed E-state index contributed by atoms with van der Waals surface area (Å²) in [6.07, 6.45) is 1.92. The molecule has 0 aliphatic heterocycles. The average molecular weight is 357 g/mol. The zero-order valence-corrected chi connectivity index (χ0v) is 15.1. The van der Waals surface area contributed by atoms with Gasteiger partial charge < -0.3 is 10.1 Å². The number of pyridine rings is 1. The van der Waals surface area contributed by atoms with Crippen LogP contribution >= 0.6 is 0 Å². The van der Waals surface area contributed by atoms with E-state index in [1.54, 1.807) is 31.4 Å². The molecule has 0 aliphatic carbocycles. The van der Waals surface area contributed by atoms with Crippen LogP contribution in [0.15, 0.2) is 72.9 Å². The third kappa shape index (κ3) is 3.27. The summed E-state index contributed by atoms with van der Waals surface area (Å²) >= 11 is 0. The van der Waals surface area contributed by atoms with Crippen LogP contribution in [0.25, 0.3) is 16.9 Å². The van der Waals surface area contributed by atoms with E-state index in [1.165, 1.54) is 0 Å². The molecular weight excluding hydrogens is 338 g/mol. The van der Waals surface area contributed by atoms with Crippen LogP contribution in [-0.2, 0) is 0 Å². The Labute approximate surface area is 157 Å². The van der Waals surface area contributed by atoms with E-state index in [0.717, 1.165) is 22.5 Å². The minimum Gasteiger partial charge on any atom is -0.497 e. The van der Waals surface area contributed by atoms with E-state index < -0.39 is 0 Å². The van der Waals surface area contributed by atoms with Gasteiger partial charge in [0.25, 0.3) is 5.91 Å². The largest absolute Gasteiger partial charge is 0.497 e.